The maximum absolute atomic E-state index is 13.6. The lowest BCUT2D eigenvalue weighted by atomic mass is 9.87. The van der Waals surface area contributed by atoms with Crippen LogP contribution >= 0.6 is 0 Å². The second kappa shape index (κ2) is 5.74. The first-order valence-corrected chi connectivity index (χ1v) is 6.32. The minimum absolute atomic E-state index is 0.106. The molecule has 1 aromatic heterocycles. The molecule has 2 atom stereocenters. The molecule has 1 fully saturated rings. The molecule has 1 amide bonds. The van der Waals surface area contributed by atoms with E-state index in [2.05, 4.69) is 15.3 Å². The van der Waals surface area contributed by atoms with Crippen molar-refractivity contribution in [2.45, 2.75) is 37.3 Å². The number of amides is 1. The largest absolute Gasteiger partial charge is 0.364 e. The molecule has 0 radical (unpaired) electrons. The molecule has 7 N–H and O–H groups in total. The third kappa shape index (κ3) is 3.16. The topological polar surface area (TPSA) is 139 Å². The molecular weight excluding hydrogens is 286 g/mol. The standard InChI is InChI=1S/C11H16F2N6O2/c12-11(13)3-1-2-5(8(11)14)17-6-4-16-7(9(15)20)10(18-6)19-21/h4-5,8,21H,1-3,14H2,(H2,15,20)(H2,17,18,19). The fourth-order valence-electron chi connectivity index (χ4n) is 2.27. The van der Waals surface area contributed by atoms with Gasteiger partial charge in [-0.1, -0.05) is 0 Å². The van der Waals surface area contributed by atoms with Gasteiger partial charge in [-0.3, -0.25) is 15.5 Å². The van der Waals surface area contributed by atoms with Crippen molar-refractivity contribution < 1.29 is 18.8 Å². The molecule has 1 aromatic rings. The van der Waals surface area contributed by atoms with Crippen LogP contribution in [-0.2, 0) is 0 Å². The first kappa shape index (κ1) is 15.3. The lowest BCUT2D eigenvalue weighted by Crippen LogP contribution is -2.55. The number of carbonyl (C=O) groups excluding carboxylic acids is 1. The van der Waals surface area contributed by atoms with Gasteiger partial charge in [0.1, 0.15) is 5.82 Å². The van der Waals surface area contributed by atoms with Gasteiger partial charge in [0.05, 0.1) is 12.2 Å². The number of nitrogens with two attached hydrogens (primary N) is 2. The molecule has 116 valence electrons. The molecule has 10 heteroatoms. The number of rotatable bonds is 4. The van der Waals surface area contributed by atoms with Gasteiger partial charge in [-0.15, -0.1) is 0 Å². The zero-order valence-corrected chi connectivity index (χ0v) is 11.0. The molecule has 21 heavy (non-hydrogen) atoms. The summed E-state index contributed by atoms with van der Waals surface area (Å²) in [7, 11) is 0. The van der Waals surface area contributed by atoms with Gasteiger partial charge in [-0.05, 0) is 12.8 Å². The summed E-state index contributed by atoms with van der Waals surface area (Å²) >= 11 is 0. The fourth-order valence-corrected chi connectivity index (χ4v) is 2.27. The molecule has 0 bridgehead atoms. The number of nitrogens with zero attached hydrogens (tertiary/aromatic N) is 2. The quantitative estimate of drug-likeness (QED) is 0.504. The summed E-state index contributed by atoms with van der Waals surface area (Å²) in [5.74, 6) is -3.99. The molecule has 1 heterocycles. The van der Waals surface area contributed by atoms with E-state index in [-0.39, 0.29) is 23.8 Å². The summed E-state index contributed by atoms with van der Waals surface area (Å²) < 4.78 is 27.1. The maximum Gasteiger partial charge on any atom is 0.271 e. The highest BCUT2D eigenvalue weighted by Crippen LogP contribution is 2.33. The Balaban J connectivity index is 2.18. The molecule has 0 saturated heterocycles. The second-order valence-corrected chi connectivity index (χ2v) is 4.86. The van der Waals surface area contributed by atoms with E-state index in [1.54, 1.807) is 5.48 Å². The van der Waals surface area contributed by atoms with Crippen molar-refractivity contribution in [1.29, 1.82) is 0 Å². The van der Waals surface area contributed by atoms with Crippen molar-refractivity contribution in [3.63, 3.8) is 0 Å². The lowest BCUT2D eigenvalue weighted by molar-refractivity contribution is -0.0554. The van der Waals surface area contributed by atoms with Gasteiger partial charge in [0, 0.05) is 12.5 Å². The number of aromatic nitrogens is 2. The van der Waals surface area contributed by atoms with Gasteiger partial charge < -0.3 is 16.8 Å². The fraction of sp³-hybridized carbons (Fsp3) is 0.545. The Bertz CT molecular complexity index is 541. The molecule has 1 aliphatic rings. The summed E-state index contributed by atoms with van der Waals surface area (Å²) in [5.41, 5.74) is 12.0. The van der Waals surface area contributed by atoms with Gasteiger partial charge in [0.2, 0.25) is 0 Å². The van der Waals surface area contributed by atoms with Crippen molar-refractivity contribution in [3.8, 4) is 0 Å². The second-order valence-electron chi connectivity index (χ2n) is 4.86. The molecule has 2 unspecified atom stereocenters. The summed E-state index contributed by atoms with van der Waals surface area (Å²) in [6.07, 6.45) is 1.71. The minimum atomic E-state index is -2.95. The first-order chi connectivity index (χ1) is 9.85. The van der Waals surface area contributed by atoms with Crippen LogP contribution in [0.4, 0.5) is 20.4 Å². The molecule has 1 saturated carbocycles. The van der Waals surface area contributed by atoms with Crippen LogP contribution in [0.2, 0.25) is 0 Å². The van der Waals surface area contributed by atoms with Crippen LogP contribution in [0.1, 0.15) is 29.8 Å². The number of hydrogen-bond donors (Lipinski definition) is 5. The number of anilines is 2. The number of nitrogens with one attached hydrogen (secondary N) is 2. The zero-order valence-electron chi connectivity index (χ0n) is 11.0. The van der Waals surface area contributed by atoms with E-state index in [4.69, 9.17) is 16.7 Å². The van der Waals surface area contributed by atoms with Crippen molar-refractivity contribution in [2.75, 3.05) is 10.8 Å². The van der Waals surface area contributed by atoms with E-state index in [9.17, 15) is 13.6 Å². The molecule has 0 aliphatic heterocycles. The average molecular weight is 302 g/mol. The van der Waals surface area contributed by atoms with E-state index in [0.717, 1.165) is 0 Å². The van der Waals surface area contributed by atoms with Crippen molar-refractivity contribution >= 4 is 17.5 Å². The van der Waals surface area contributed by atoms with E-state index in [1.165, 1.54) is 6.20 Å². The van der Waals surface area contributed by atoms with Crippen LogP contribution in [0.15, 0.2) is 6.20 Å². The highest BCUT2D eigenvalue weighted by molar-refractivity contribution is 5.95. The van der Waals surface area contributed by atoms with Gasteiger partial charge in [-0.2, -0.15) is 0 Å². The van der Waals surface area contributed by atoms with Gasteiger partial charge in [-0.25, -0.2) is 18.7 Å². The monoisotopic (exact) mass is 302 g/mol. The predicted octanol–water partition coefficient (Wildman–Crippen LogP) is 0.304. The number of primary amides is 1. The summed E-state index contributed by atoms with van der Waals surface area (Å²) in [6.45, 7) is 0. The molecule has 2 rings (SSSR count). The predicted molar refractivity (Wildman–Crippen MR) is 70.1 cm³/mol. The normalized spacial score (nSPS) is 24.4. The number of halogens is 2. The maximum atomic E-state index is 13.6. The van der Waals surface area contributed by atoms with Crippen LogP contribution in [-0.4, -0.2) is 39.1 Å². The van der Waals surface area contributed by atoms with E-state index < -0.39 is 23.9 Å². The van der Waals surface area contributed by atoms with Crippen molar-refractivity contribution in [1.82, 2.24) is 9.97 Å². The van der Waals surface area contributed by atoms with Crippen LogP contribution < -0.4 is 22.3 Å². The Morgan fingerprint density at radius 3 is 2.86 bits per heavy atom. The molecule has 0 spiro atoms. The third-order valence-corrected chi connectivity index (χ3v) is 3.39. The van der Waals surface area contributed by atoms with Gasteiger partial charge in [0.15, 0.2) is 11.5 Å². The Morgan fingerprint density at radius 2 is 2.24 bits per heavy atom. The van der Waals surface area contributed by atoms with E-state index >= 15 is 0 Å². The van der Waals surface area contributed by atoms with Crippen molar-refractivity contribution in [2.24, 2.45) is 11.5 Å². The zero-order chi connectivity index (χ0) is 15.6. The van der Waals surface area contributed by atoms with Crippen LogP contribution in [0.5, 0.6) is 0 Å². The van der Waals surface area contributed by atoms with Crippen LogP contribution in [0.25, 0.3) is 0 Å². The number of alkyl halides is 2. The Morgan fingerprint density at radius 1 is 1.52 bits per heavy atom. The summed E-state index contributed by atoms with van der Waals surface area (Å²) in [6, 6.07) is -2.04. The van der Waals surface area contributed by atoms with Crippen LogP contribution in [0, 0.1) is 0 Å². The number of carbonyl (C=O) groups is 1. The Kier molecular flexibility index (Phi) is 4.19. The molecule has 8 nitrogen and oxygen atoms in total. The van der Waals surface area contributed by atoms with Crippen molar-refractivity contribution in [3.05, 3.63) is 11.9 Å². The third-order valence-electron chi connectivity index (χ3n) is 3.39. The summed E-state index contributed by atoms with van der Waals surface area (Å²) in [4.78, 5) is 18.6. The van der Waals surface area contributed by atoms with Gasteiger partial charge >= 0.3 is 0 Å². The Labute approximate surface area is 118 Å². The van der Waals surface area contributed by atoms with Gasteiger partial charge in [0.25, 0.3) is 11.8 Å². The minimum Gasteiger partial charge on any atom is -0.364 e. The van der Waals surface area contributed by atoms with Crippen LogP contribution in [0.3, 0.4) is 0 Å². The highest BCUT2D eigenvalue weighted by atomic mass is 19.3. The first-order valence-electron chi connectivity index (χ1n) is 6.32. The molecule has 0 aromatic carbocycles. The number of hydrogen-bond acceptors (Lipinski definition) is 7. The Hall–Kier alpha value is -2.07. The van der Waals surface area contributed by atoms with E-state index in [1.807, 2.05) is 0 Å². The lowest BCUT2D eigenvalue weighted by Gasteiger charge is -2.36. The highest BCUT2D eigenvalue weighted by Gasteiger charge is 2.44. The SMILES string of the molecule is NC(=O)c1ncc(NC2CCCC(F)(F)C2N)nc1NO. The molecule has 1 aliphatic carbocycles. The average Bonchev–Trinajstić information content (AvgIpc) is 2.43. The van der Waals surface area contributed by atoms with E-state index in [0.29, 0.717) is 12.8 Å². The smallest absolute Gasteiger partial charge is 0.271 e. The summed E-state index contributed by atoms with van der Waals surface area (Å²) in [5, 5.41) is 11.6. The molecular formula is C11H16F2N6O2.